The van der Waals surface area contributed by atoms with Crippen molar-refractivity contribution in [3.05, 3.63) is 22.7 Å². The molecule has 1 heterocycles. The number of halogens is 1. The Kier molecular flexibility index (Phi) is 6.59. The van der Waals surface area contributed by atoms with E-state index in [0.29, 0.717) is 35.1 Å². The SMILES string of the molecule is COc1cc(N)c(Cl)cc1C(=O)NCC1CN(CC(=O)O)CCS1. The van der Waals surface area contributed by atoms with Crippen LogP contribution in [0.4, 0.5) is 5.69 Å². The molecule has 0 aromatic heterocycles. The van der Waals surface area contributed by atoms with Crippen LogP contribution in [0.25, 0.3) is 0 Å². The molecule has 1 aromatic rings. The molecule has 0 spiro atoms. The van der Waals surface area contributed by atoms with Crippen LogP contribution >= 0.6 is 23.4 Å². The number of carboxylic acids is 1. The van der Waals surface area contributed by atoms with Gasteiger partial charge in [0, 0.05) is 36.7 Å². The van der Waals surface area contributed by atoms with Crippen molar-refractivity contribution in [2.75, 3.05) is 44.8 Å². The van der Waals surface area contributed by atoms with Gasteiger partial charge in [-0.25, -0.2) is 0 Å². The Labute approximate surface area is 149 Å². The average molecular weight is 374 g/mol. The Balaban J connectivity index is 1.95. The molecule has 1 fully saturated rings. The highest BCUT2D eigenvalue weighted by molar-refractivity contribution is 8.00. The van der Waals surface area contributed by atoms with E-state index in [-0.39, 0.29) is 17.7 Å². The summed E-state index contributed by atoms with van der Waals surface area (Å²) in [6.45, 7) is 1.82. The molecule has 1 unspecified atom stereocenters. The number of carbonyl (C=O) groups is 2. The van der Waals surface area contributed by atoms with E-state index >= 15 is 0 Å². The van der Waals surface area contributed by atoms with Gasteiger partial charge in [-0.15, -0.1) is 0 Å². The number of rotatable bonds is 6. The largest absolute Gasteiger partial charge is 0.496 e. The average Bonchev–Trinajstić information content (AvgIpc) is 2.54. The van der Waals surface area contributed by atoms with Gasteiger partial charge in [-0.2, -0.15) is 11.8 Å². The molecule has 9 heteroatoms. The van der Waals surface area contributed by atoms with Gasteiger partial charge in [-0.3, -0.25) is 14.5 Å². The molecule has 0 saturated carbocycles. The number of nitrogens with two attached hydrogens (primary N) is 1. The van der Waals surface area contributed by atoms with Crippen LogP contribution in [0.5, 0.6) is 5.75 Å². The van der Waals surface area contributed by atoms with E-state index in [1.165, 1.54) is 19.2 Å². The number of nitrogens with one attached hydrogen (secondary N) is 1. The summed E-state index contributed by atoms with van der Waals surface area (Å²) in [6.07, 6.45) is 0. The lowest BCUT2D eigenvalue weighted by Gasteiger charge is -2.31. The number of hydrogen-bond acceptors (Lipinski definition) is 6. The first-order valence-corrected chi connectivity index (χ1v) is 8.80. The van der Waals surface area contributed by atoms with E-state index in [9.17, 15) is 9.59 Å². The monoisotopic (exact) mass is 373 g/mol. The predicted octanol–water partition coefficient (Wildman–Crippen LogP) is 1.16. The number of nitrogens with zero attached hydrogens (tertiary/aromatic N) is 1. The molecule has 2 rings (SSSR count). The summed E-state index contributed by atoms with van der Waals surface area (Å²) in [6, 6.07) is 3.00. The molecule has 1 aromatic carbocycles. The zero-order chi connectivity index (χ0) is 17.7. The van der Waals surface area contributed by atoms with Crippen molar-refractivity contribution in [3.63, 3.8) is 0 Å². The van der Waals surface area contributed by atoms with Crippen LogP contribution < -0.4 is 15.8 Å². The molecule has 1 aliphatic rings. The summed E-state index contributed by atoms with van der Waals surface area (Å²) in [4.78, 5) is 25.1. The second kappa shape index (κ2) is 8.46. The van der Waals surface area contributed by atoms with Gasteiger partial charge in [-0.05, 0) is 6.07 Å². The fourth-order valence-electron chi connectivity index (χ4n) is 2.46. The molecule has 1 saturated heterocycles. The van der Waals surface area contributed by atoms with Crippen LogP contribution in [0.1, 0.15) is 10.4 Å². The number of hydrogen-bond donors (Lipinski definition) is 3. The second-order valence-electron chi connectivity index (χ2n) is 5.41. The van der Waals surface area contributed by atoms with Gasteiger partial charge in [0.2, 0.25) is 0 Å². The Morgan fingerprint density at radius 1 is 1.54 bits per heavy atom. The van der Waals surface area contributed by atoms with Crippen LogP contribution in [-0.4, -0.2) is 66.2 Å². The normalized spacial score (nSPS) is 18.2. The first-order valence-electron chi connectivity index (χ1n) is 7.37. The van der Waals surface area contributed by atoms with E-state index in [0.717, 1.165) is 12.3 Å². The van der Waals surface area contributed by atoms with Crippen molar-refractivity contribution in [1.29, 1.82) is 0 Å². The maximum atomic E-state index is 12.4. The summed E-state index contributed by atoms with van der Waals surface area (Å²) in [5.74, 6) is 0.0547. The zero-order valence-corrected chi connectivity index (χ0v) is 14.8. The molecule has 0 bridgehead atoms. The summed E-state index contributed by atoms with van der Waals surface area (Å²) in [7, 11) is 1.46. The van der Waals surface area contributed by atoms with E-state index in [1.54, 1.807) is 11.8 Å². The molecule has 0 radical (unpaired) electrons. The number of ether oxygens (including phenoxy) is 1. The number of thioether (sulfide) groups is 1. The quantitative estimate of drug-likeness (QED) is 0.642. The van der Waals surface area contributed by atoms with Gasteiger partial charge in [0.25, 0.3) is 5.91 Å². The molecule has 24 heavy (non-hydrogen) atoms. The smallest absolute Gasteiger partial charge is 0.317 e. The Morgan fingerprint density at radius 2 is 2.29 bits per heavy atom. The fraction of sp³-hybridized carbons (Fsp3) is 0.467. The minimum absolute atomic E-state index is 0.0202. The van der Waals surface area contributed by atoms with Crippen LogP contribution in [-0.2, 0) is 4.79 Å². The predicted molar refractivity (Wildman–Crippen MR) is 95.1 cm³/mol. The Hall–Kier alpha value is -1.64. The second-order valence-corrected chi connectivity index (χ2v) is 7.22. The molecule has 0 aliphatic carbocycles. The van der Waals surface area contributed by atoms with Crippen molar-refractivity contribution in [1.82, 2.24) is 10.2 Å². The molecule has 132 valence electrons. The van der Waals surface area contributed by atoms with Gasteiger partial charge in [0.05, 0.1) is 29.9 Å². The van der Waals surface area contributed by atoms with Crippen molar-refractivity contribution in [2.45, 2.75) is 5.25 Å². The molecule has 1 atom stereocenters. The van der Waals surface area contributed by atoms with E-state index in [4.69, 9.17) is 27.2 Å². The van der Waals surface area contributed by atoms with Gasteiger partial charge >= 0.3 is 5.97 Å². The number of carbonyl (C=O) groups excluding carboxylic acids is 1. The number of carboxylic acid groups (broad SMARTS) is 1. The van der Waals surface area contributed by atoms with E-state index < -0.39 is 5.97 Å². The molecular formula is C15H20ClN3O4S. The van der Waals surface area contributed by atoms with Crippen LogP contribution in [0.2, 0.25) is 5.02 Å². The molecular weight excluding hydrogens is 354 g/mol. The standard InChI is InChI=1S/C15H20ClN3O4S/c1-23-13-5-12(17)11(16)4-10(13)15(22)18-6-9-7-19(2-3-24-9)8-14(20)21/h4-5,9H,2-3,6-8,17H2,1H3,(H,18,22)(H,20,21). The van der Waals surface area contributed by atoms with Crippen LogP contribution in [0.3, 0.4) is 0 Å². The highest BCUT2D eigenvalue weighted by Gasteiger charge is 2.23. The molecule has 7 nitrogen and oxygen atoms in total. The van der Waals surface area contributed by atoms with Crippen molar-refractivity contribution < 1.29 is 19.4 Å². The molecule has 1 amide bonds. The first kappa shape index (κ1) is 18.7. The Morgan fingerprint density at radius 3 is 2.96 bits per heavy atom. The maximum Gasteiger partial charge on any atom is 0.317 e. The Bertz CT molecular complexity index is 629. The third-order valence-electron chi connectivity index (χ3n) is 3.64. The minimum Gasteiger partial charge on any atom is -0.496 e. The van der Waals surface area contributed by atoms with Crippen LogP contribution in [0.15, 0.2) is 12.1 Å². The lowest BCUT2D eigenvalue weighted by Crippen LogP contribution is -2.45. The summed E-state index contributed by atoms with van der Waals surface area (Å²) >= 11 is 7.70. The summed E-state index contributed by atoms with van der Waals surface area (Å²) in [5.41, 5.74) is 6.37. The number of amides is 1. The topological polar surface area (TPSA) is 105 Å². The molecule has 1 aliphatic heterocycles. The summed E-state index contributed by atoms with van der Waals surface area (Å²) in [5, 5.41) is 12.1. The molecule has 4 N–H and O–H groups in total. The number of methoxy groups -OCH3 is 1. The number of aliphatic carboxylic acids is 1. The lowest BCUT2D eigenvalue weighted by atomic mass is 10.1. The third kappa shape index (κ3) is 4.93. The highest BCUT2D eigenvalue weighted by Crippen LogP contribution is 2.28. The maximum absolute atomic E-state index is 12.4. The van der Waals surface area contributed by atoms with Gasteiger partial charge in [-0.1, -0.05) is 11.6 Å². The van der Waals surface area contributed by atoms with Crippen molar-refractivity contribution >= 4 is 40.9 Å². The van der Waals surface area contributed by atoms with Gasteiger partial charge < -0.3 is 20.9 Å². The lowest BCUT2D eigenvalue weighted by molar-refractivity contribution is -0.138. The number of nitrogen functional groups attached to an aromatic ring is 1. The number of benzene rings is 1. The highest BCUT2D eigenvalue weighted by atomic mass is 35.5. The number of anilines is 1. The fourth-order valence-corrected chi connectivity index (χ4v) is 3.83. The van der Waals surface area contributed by atoms with Crippen molar-refractivity contribution in [3.8, 4) is 5.75 Å². The van der Waals surface area contributed by atoms with Crippen LogP contribution in [0, 0.1) is 0 Å². The van der Waals surface area contributed by atoms with Gasteiger partial charge in [0.1, 0.15) is 5.75 Å². The van der Waals surface area contributed by atoms with Crippen molar-refractivity contribution in [2.24, 2.45) is 0 Å². The van der Waals surface area contributed by atoms with E-state index in [1.807, 2.05) is 4.90 Å². The minimum atomic E-state index is -0.842. The third-order valence-corrected chi connectivity index (χ3v) is 5.17. The summed E-state index contributed by atoms with van der Waals surface area (Å²) < 4.78 is 5.18. The van der Waals surface area contributed by atoms with E-state index in [2.05, 4.69) is 5.32 Å². The van der Waals surface area contributed by atoms with Gasteiger partial charge in [0.15, 0.2) is 0 Å². The zero-order valence-electron chi connectivity index (χ0n) is 13.3. The first-order chi connectivity index (χ1) is 11.4.